The van der Waals surface area contributed by atoms with Crippen LogP contribution in [0, 0.1) is 11.3 Å². The van der Waals surface area contributed by atoms with Crippen LogP contribution >= 0.6 is 11.8 Å². The van der Waals surface area contributed by atoms with Gasteiger partial charge in [-0.05, 0) is 55.5 Å². The SMILES string of the molecule is CCOc1ccc(-c2cc3c(SCC(=O)Nc4cccc(C#N)c4)nccn3n2)cc1. The van der Waals surface area contributed by atoms with Gasteiger partial charge in [0.05, 0.1) is 35.2 Å². The summed E-state index contributed by atoms with van der Waals surface area (Å²) >= 11 is 1.34. The lowest BCUT2D eigenvalue weighted by Crippen LogP contribution is -2.14. The highest BCUT2D eigenvalue weighted by molar-refractivity contribution is 8.00. The van der Waals surface area contributed by atoms with Crippen molar-refractivity contribution in [3.8, 4) is 23.1 Å². The van der Waals surface area contributed by atoms with E-state index >= 15 is 0 Å². The molecule has 2 heterocycles. The first-order valence-electron chi connectivity index (χ1n) is 9.66. The zero-order valence-corrected chi connectivity index (χ0v) is 17.6. The van der Waals surface area contributed by atoms with E-state index in [1.54, 1.807) is 41.2 Å². The molecule has 0 aliphatic rings. The number of hydrogen-bond acceptors (Lipinski definition) is 6. The molecule has 0 saturated carbocycles. The van der Waals surface area contributed by atoms with Gasteiger partial charge in [-0.1, -0.05) is 17.8 Å². The van der Waals surface area contributed by atoms with E-state index in [2.05, 4.69) is 21.5 Å². The number of amides is 1. The Morgan fingerprint density at radius 1 is 1.23 bits per heavy atom. The van der Waals surface area contributed by atoms with Gasteiger partial charge in [-0.15, -0.1) is 0 Å². The molecule has 0 unspecified atom stereocenters. The van der Waals surface area contributed by atoms with Crippen LogP contribution < -0.4 is 10.1 Å². The Hall–Kier alpha value is -3.83. The van der Waals surface area contributed by atoms with E-state index in [4.69, 9.17) is 10.00 Å². The monoisotopic (exact) mass is 429 g/mol. The van der Waals surface area contributed by atoms with E-state index in [1.807, 2.05) is 37.3 Å². The number of benzene rings is 2. The second-order valence-electron chi connectivity index (χ2n) is 6.58. The molecule has 0 atom stereocenters. The highest BCUT2D eigenvalue weighted by Crippen LogP contribution is 2.27. The van der Waals surface area contributed by atoms with E-state index in [0.717, 1.165) is 22.5 Å². The minimum atomic E-state index is -0.171. The highest BCUT2D eigenvalue weighted by atomic mass is 32.2. The van der Waals surface area contributed by atoms with Crippen molar-refractivity contribution in [2.24, 2.45) is 0 Å². The standard InChI is InChI=1S/C23H19N5O2S/c1-2-30-19-8-6-17(7-9-19)20-13-21-23(25-10-11-28(21)27-20)31-15-22(29)26-18-5-3-4-16(12-18)14-24/h3-13H,2,15H2,1H3,(H,26,29). The summed E-state index contributed by atoms with van der Waals surface area (Å²) in [6.07, 6.45) is 3.45. The number of nitrogens with one attached hydrogen (secondary N) is 1. The molecule has 4 rings (SSSR count). The van der Waals surface area contributed by atoms with E-state index in [1.165, 1.54) is 11.8 Å². The molecule has 4 aromatic rings. The fourth-order valence-electron chi connectivity index (χ4n) is 3.04. The summed E-state index contributed by atoms with van der Waals surface area (Å²) in [5.41, 5.74) is 3.71. The van der Waals surface area contributed by atoms with Crippen molar-refractivity contribution in [3.63, 3.8) is 0 Å². The molecule has 2 aromatic heterocycles. The molecular weight excluding hydrogens is 410 g/mol. The molecule has 0 aliphatic heterocycles. The number of fused-ring (bicyclic) bond motifs is 1. The van der Waals surface area contributed by atoms with Crippen LogP contribution in [0.2, 0.25) is 0 Å². The number of aromatic nitrogens is 3. The van der Waals surface area contributed by atoms with Crippen LogP contribution in [0.15, 0.2) is 72.0 Å². The van der Waals surface area contributed by atoms with Crippen LogP contribution in [0.3, 0.4) is 0 Å². The lowest BCUT2D eigenvalue weighted by Gasteiger charge is -2.05. The number of nitrogens with zero attached hydrogens (tertiary/aromatic N) is 4. The summed E-state index contributed by atoms with van der Waals surface area (Å²) in [6.45, 7) is 2.57. The second-order valence-corrected chi connectivity index (χ2v) is 7.54. The van der Waals surface area contributed by atoms with Gasteiger partial charge in [0, 0.05) is 23.6 Å². The molecule has 0 radical (unpaired) electrons. The normalized spacial score (nSPS) is 10.6. The summed E-state index contributed by atoms with van der Waals surface area (Å²) in [5.74, 6) is 0.835. The van der Waals surface area contributed by atoms with Crippen LogP contribution in [0.4, 0.5) is 5.69 Å². The number of hydrogen-bond donors (Lipinski definition) is 1. The van der Waals surface area contributed by atoms with Crippen LogP contribution in [-0.2, 0) is 4.79 Å². The zero-order valence-electron chi connectivity index (χ0n) is 16.8. The molecule has 1 N–H and O–H groups in total. The molecule has 7 nitrogen and oxygen atoms in total. The van der Waals surface area contributed by atoms with Gasteiger partial charge in [0.25, 0.3) is 0 Å². The summed E-state index contributed by atoms with van der Waals surface area (Å²) in [4.78, 5) is 16.8. The fraction of sp³-hybridized carbons (Fsp3) is 0.130. The highest BCUT2D eigenvalue weighted by Gasteiger charge is 2.12. The van der Waals surface area contributed by atoms with Gasteiger partial charge in [-0.3, -0.25) is 4.79 Å². The van der Waals surface area contributed by atoms with Crippen molar-refractivity contribution in [2.75, 3.05) is 17.7 Å². The zero-order chi connectivity index (χ0) is 21.6. The lowest BCUT2D eigenvalue weighted by molar-refractivity contribution is -0.113. The Labute approximate surface area is 183 Å². The van der Waals surface area contributed by atoms with Gasteiger partial charge in [0.1, 0.15) is 10.8 Å². The second kappa shape index (κ2) is 9.32. The van der Waals surface area contributed by atoms with Crippen molar-refractivity contribution in [1.82, 2.24) is 14.6 Å². The Morgan fingerprint density at radius 2 is 2.06 bits per heavy atom. The number of nitriles is 1. The summed E-state index contributed by atoms with van der Waals surface area (Å²) < 4.78 is 7.25. The third kappa shape index (κ3) is 4.85. The number of rotatable bonds is 7. The van der Waals surface area contributed by atoms with Gasteiger partial charge < -0.3 is 10.1 Å². The molecule has 31 heavy (non-hydrogen) atoms. The summed E-state index contributed by atoms with van der Waals surface area (Å²) in [5, 5.41) is 17.1. The van der Waals surface area contributed by atoms with Crippen LogP contribution in [0.1, 0.15) is 12.5 Å². The van der Waals surface area contributed by atoms with Crippen molar-refractivity contribution in [1.29, 1.82) is 5.26 Å². The van der Waals surface area contributed by atoms with Gasteiger partial charge in [-0.2, -0.15) is 10.4 Å². The molecule has 2 aromatic carbocycles. The topological polar surface area (TPSA) is 92.3 Å². The van der Waals surface area contributed by atoms with Gasteiger partial charge in [0.15, 0.2) is 0 Å². The van der Waals surface area contributed by atoms with Gasteiger partial charge >= 0.3 is 0 Å². The molecule has 0 spiro atoms. The number of thioether (sulfide) groups is 1. The van der Waals surface area contributed by atoms with Gasteiger partial charge in [-0.25, -0.2) is 9.50 Å². The molecule has 0 fully saturated rings. The molecule has 0 saturated heterocycles. The summed E-state index contributed by atoms with van der Waals surface area (Å²) in [6, 6.07) is 18.6. The van der Waals surface area contributed by atoms with Crippen LogP contribution in [0.25, 0.3) is 16.8 Å². The smallest absolute Gasteiger partial charge is 0.234 e. The minimum absolute atomic E-state index is 0.171. The number of carbonyl (C=O) groups excluding carboxylic acids is 1. The average Bonchev–Trinajstić information content (AvgIpc) is 3.23. The molecule has 8 heteroatoms. The van der Waals surface area contributed by atoms with E-state index in [-0.39, 0.29) is 11.7 Å². The summed E-state index contributed by atoms with van der Waals surface area (Å²) in [7, 11) is 0. The Kier molecular flexibility index (Phi) is 6.15. The van der Waals surface area contributed by atoms with E-state index in [9.17, 15) is 4.79 Å². The maximum atomic E-state index is 12.4. The molecule has 0 bridgehead atoms. The fourth-order valence-corrected chi connectivity index (χ4v) is 3.81. The molecule has 1 amide bonds. The first-order valence-corrected chi connectivity index (χ1v) is 10.7. The van der Waals surface area contributed by atoms with Crippen molar-refractivity contribution in [3.05, 3.63) is 72.6 Å². The first kappa shape index (κ1) is 20.4. The number of carbonyl (C=O) groups is 1. The number of ether oxygens (including phenoxy) is 1. The molecule has 0 aliphatic carbocycles. The van der Waals surface area contributed by atoms with E-state index in [0.29, 0.717) is 22.9 Å². The van der Waals surface area contributed by atoms with Gasteiger partial charge in [0.2, 0.25) is 5.91 Å². The van der Waals surface area contributed by atoms with Crippen LogP contribution in [-0.4, -0.2) is 32.9 Å². The molecular formula is C23H19N5O2S. The Bertz CT molecular complexity index is 1260. The number of anilines is 1. The Morgan fingerprint density at radius 3 is 2.84 bits per heavy atom. The third-order valence-electron chi connectivity index (χ3n) is 4.43. The largest absolute Gasteiger partial charge is 0.494 e. The third-order valence-corrected chi connectivity index (χ3v) is 5.43. The quantitative estimate of drug-likeness (QED) is 0.438. The van der Waals surface area contributed by atoms with Crippen molar-refractivity contribution >= 4 is 28.9 Å². The van der Waals surface area contributed by atoms with Crippen molar-refractivity contribution < 1.29 is 9.53 Å². The Balaban J connectivity index is 1.48. The predicted octanol–water partition coefficient (Wildman–Crippen LogP) is 4.40. The molecule has 154 valence electrons. The first-order chi connectivity index (χ1) is 15.2. The van der Waals surface area contributed by atoms with E-state index < -0.39 is 0 Å². The van der Waals surface area contributed by atoms with Crippen LogP contribution in [0.5, 0.6) is 5.75 Å². The lowest BCUT2D eigenvalue weighted by atomic mass is 10.1. The predicted molar refractivity (Wildman–Crippen MR) is 120 cm³/mol. The minimum Gasteiger partial charge on any atom is -0.494 e. The maximum absolute atomic E-state index is 12.4. The van der Waals surface area contributed by atoms with Crippen molar-refractivity contribution in [2.45, 2.75) is 11.9 Å². The average molecular weight is 430 g/mol. The maximum Gasteiger partial charge on any atom is 0.234 e.